The summed E-state index contributed by atoms with van der Waals surface area (Å²) in [6.45, 7) is 4.07. The molecule has 84 valence electrons. The predicted molar refractivity (Wildman–Crippen MR) is 56.4 cm³/mol. The van der Waals surface area contributed by atoms with Gasteiger partial charge in [-0.3, -0.25) is 9.48 Å². The van der Waals surface area contributed by atoms with E-state index in [0.29, 0.717) is 5.69 Å². The van der Waals surface area contributed by atoms with Crippen molar-refractivity contribution in [2.45, 2.75) is 20.0 Å². The third-order valence-electron chi connectivity index (χ3n) is 2.29. The molecule has 0 aliphatic carbocycles. The second-order valence-electron chi connectivity index (χ2n) is 3.86. The lowest BCUT2D eigenvalue weighted by molar-refractivity contribution is 0.0863. The average Bonchev–Trinajstić information content (AvgIpc) is 2.60. The van der Waals surface area contributed by atoms with Gasteiger partial charge in [0.25, 0.3) is 5.91 Å². The van der Waals surface area contributed by atoms with E-state index in [-0.39, 0.29) is 18.4 Å². The number of carbonyl (C=O) groups excluding carboxylic acids is 1. The molecule has 15 heavy (non-hydrogen) atoms. The molecule has 0 radical (unpaired) electrons. The number of aromatic nitrogens is 2. The van der Waals surface area contributed by atoms with Crippen LogP contribution in [0.3, 0.4) is 0 Å². The smallest absolute Gasteiger partial charge is 0.269 e. The summed E-state index contributed by atoms with van der Waals surface area (Å²) in [5, 5.41) is 16.1. The van der Waals surface area contributed by atoms with Gasteiger partial charge in [0.15, 0.2) is 0 Å². The Labute approximate surface area is 89.1 Å². The summed E-state index contributed by atoms with van der Waals surface area (Å²) in [5.41, 5.74) is 0.492. The molecule has 1 atom stereocenters. The van der Waals surface area contributed by atoms with E-state index in [0.717, 1.165) is 0 Å². The van der Waals surface area contributed by atoms with Gasteiger partial charge in [-0.25, -0.2) is 0 Å². The monoisotopic (exact) mass is 211 g/mol. The molecule has 0 aromatic carbocycles. The number of hydrogen-bond acceptors (Lipinski definition) is 3. The van der Waals surface area contributed by atoms with E-state index < -0.39 is 6.10 Å². The normalized spacial score (nSPS) is 12.9. The Morgan fingerprint density at radius 2 is 2.33 bits per heavy atom. The number of aliphatic hydroxyl groups excluding tert-OH is 1. The highest BCUT2D eigenvalue weighted by molar-refractivity contribution is 5.92. The molecule has 0 spiro atoms. The quantitative estimate of drug-likeness (QED) is 0.746. The fourth-order valence-electron chi connectivity index (χ4n) is 1.12. The van der Waals surface area contributed by atoms with Crippen LogP contribution in [0.5, 0.6) is 0 Å². The van der Waals surface area contributed by atoms with Crippen LogP contribution in [0.15, 0.2) is 12.3 Å². The molecule has 1 unspecified atom stereocenters. The van der Waals surface area contributed by atoms with Crippen LogP contribution in [0.2, 0.25) is 0 Å². The Morgan fingerprint density at radius 3 is 2.80 bits per heavy atom. The molecule has 1 amide bonds. The molecule has 1 rings (SSSR count). The highest BCUT2D eigenvalue weighted by atomic mass is 16.3. The van der Waals surface area contributed by atoms with Crippen LogP contribution in [0, 0.1) is 5.92 Å². The Balaban J connectivity index is 2.47. The minimum absolute atomic E-state index is 0.136. The first-order valence-electron chi connectivity index (χ1n) is 4.96. The number of hydrogen-bond donors (Lipinski definition) is 2. The lowest BCUT2D eigenvalue weighted by Gasteiger charge is -2.14. The topological polar surface area (TPSA) is 67.2 Å². The van der Waals surface area contributed by atoms with Crippen molar-refractivity contribution in [2.24, 2.45) is 13.0 Å². The van der Waals surface area contributed by atoms with Crippen LogP contribution < -0.4 is 5.32 Å². The van der Waals surface area contributed by atoms with Crippen LogP contribution in [0.4, 0.5) is 0 Å². The molecule has 0 aliphatic heterocycles. The summed E-state index contributed by atoms with van der Waals surface area (Å²) < 4.78 is 1.50. The molecule has 0 saturated heterocycles. The number of carbonyl (C=O) groups is 1. The zero-order chi connectivity index (χ0) is 11.4. The number of aryl methyl sites for hydroxylation is 1. The molecule has 0 fully saturated rings. The summed E-state index contributed by atoms with van der Waals surface area (Å²) >= 11 is 0. The third-order valence-corrected chi connectivity index (χ3v) is 2.29. The highest BCUT2D eigenvalue weighted by Gasteiger charge is 2.13. The van der Waals surface area contributed by atoms with E-state index in [4.69, 9.17) is 0 Å². The van der Waals surface area contributed by atoms with Gasteiger partial charge in [-0.05, 0) is 12.0 Å². The van der Waals surface area contributed by atoms with Gasteiger partial charge in [0.2, 0.25) is 0 Å². The molecule has 1 aromatic heterocycles. The number of nitrogens with zero attached hydrogens (tertiary/aromatic N) is 2. The SMILES string of the molecule is CC(C)C(O)CNC(=O)c1ccnn1C. The number of amides is 1. The summed E-state index contributed by atoms with van der Waals surface area (Å²) in [7, 11) is 1.70. The third kappa shape index (κ3) is 3.06. The van der Waals surface area contributed by atoms with Gasteiger partial charge in [0.1, 0.15) is 5.69 Å². The summed E-state index contributed by atoms with van der Waals surface area (Å²) in [4.78, 5) is 11.6. The molecule has 1 heterocycles. The zero-order valence-electron chi connectivity index (χ0n) is 9.27. The van der Waals surface area contributed by atoms with Crippen LogP contribution in [-0.2, 0) is 7.05 Å². The summed E-state index contributed by atoms with van der Waals surface area (Å²) in [5.74, 6) is -0.0773. The highest BCUT2D eigenvalue weighted by Crippen LogP contribution is 2.00. The molecule has 0 saturated carbocycles. The molecular weight excluding hydrogens is 194 g/mol. The minimum atomic E-state index is -0.512. The average molecular weight is 211 g/mol. The van der Waals surface area contributed by atoms with Gasteiger partial charge in [-0.1, -0.05) is 13.8 Å². The Kier molecular flexibility index (Phi) is 3.85. The van der Waals surface area contributed by atoms with Gasteiger partial charge in [-0.2, -0.15) is 5.10 Å². The first-order valence-corrected chi connectivity index (χ1v) is 4.96. The van der Waals surface area contributed by atoms with Crippen molar-refractivity contribution in [3.63, 3.8) is 0 Å². The van der Waals surface area contributed by atoms with Crippen LogP contribution >= 0.6 is 0 Å². The maximum Gasteiger partial charge on any atom is 0.269 e. The standard InChI is InChI=1S/C10H17N3O2/c1-7(2)9(14)6-11-10(15)8-4-5-12-13(8)3/h4-5,7,9,14H,6H2,1-3H3,(H,11,15). The van der Waals surface area contributed by atoms with Crippen molar-refractivity contribution in [1.82, 2.24) is 15.1 Å². The number of rotatable bonds is 4. The molecule has 5 heteroatoms. The summed E-state index contributed by atoms with van der Waals surface area (Å²) in [6.07, 6.45) is 1.05. The Bertz CT molecular complexity index is 333. The Morgan fingerprint density at radius 1 is 1.67 bits per heavy atom. The minimum Gasteiger partial charge on any atom is -0.391 e. The molecule has 5 nitrogen and oxygen atoms in total. The molecule has 1 aromatic rings. The summed E-state index contributed by atoms with van der Waals surface area (Å²) in [6, 6.07) is 1.64. The van der Waals surface area contributed by atoms with Crippen molar-refractivity contribution >= 4 is 5.91 Å². The molecular formula is C10H17N3O2. The van der Waals surface area contributed by atoms with Crippen LogP contribution in [0.1, 0.15) is 24.3 Å². The van der Waals surface area contributed by atoms with Crippen molar-refractivity contribution in [2.75, 3.05) is 6.54 Å². The van der Waals surface area contributed by atoms with Crippen LogP contribution in [-0.4, -0.2) is 33.4 Å². The van der Waals surface area contributed by atoms with Crippen molar-refractivity contribution in [3.8, 4) is 0 Å². The van der Waals surface area contributed by atoms with Gasteiger partial charge in [0.05, 0.1) is 6.10 Å². The van der Waals surface area contributed by atoms with E-state index >= 15 is 0 Å². The van der Waals surface area contributed by atoms with E-state index in [1.807, 2.05) is 13.8 Å². The van der Waals surface area contributed by atoms with E-state index in [1.165, 1.54) is 4.68 Å². The first kappa shape index (κ1) is 11.7. The largest absolute Gasteiger partial charge is 0.391 e. The Hall–Kier alpha value is -1.36. The fourth-order valence-corrected chi connectivity index (χ4v) is 1.12. The maximum atomic E-state index is 11.6. The number of aliphatic hydroxyl groups is 1. The van der Waals surface area contributed by atoms with Crippen molar-refractivity contribution < 1.29 is 9.90 Å². The van der Waals surface area contributed by atoms with E-state index in [1.54, 1.807) is 19.3 Å². The van der Waals surface area contributed by atoms with Crippen molar-refractivity contribution in [1.29, 1.82) is 0 Å². The predicted octanol–water partition coefficient (Wildman–Crippen LogP) is 0.167. The van der Waals surface area contributed by atoms with Crippen molar-refractivity contribution in [3.05, 3.63) is 18.0 Å². The second-order valence-corrected chi connectivity index (χ2v) is 3.86. The lowest BCUT2D eigenvalue weighted by atomic mass is 10.1. The van der Waals surface area contributed by atoms with Gasteiger partial charge >= 0.3 is 0 Å². The van der Waals surface area contributed by atoms with Crippen LogP contribution in [0.25, 0.3) is 0 Å². The van der Waals surface area contributed by atoms with E-state index in [9.17, 15) is 9.90 Å². The zero-order valence-corrected chi connectivity index (χ0v) is 9.27. The van der Waals surface area contributed by atoms with E-state index in [2.05, 4.69) is 10.4 Å². The van der Waals surface area contributed by atoms with Gasteiger partial charge in [-0.15, -0.1) is 0 Å². The van der Waals surface area contributed by atoms with Gasteiger partial charge < -0.3 is 10.4 Å². The fraction of sp³-hybridized carbons (Fsp3) is 0.600. The lowest BCUT2D eigenvalue weighted by Crippen LogP contribution is -2.35. The second kappa shape index (κ2) is 4.93. The maximum absolute atomic E-state index is 11.6. The molecule has 2 N–H and O–H groups in total. The molecule has 0 aliphatic rings. The molecule has 0 bridgehead atoms. The first-order chi connectivity index (χ1) is 7.02. The number of nitrogens with one attached hydrogen (secondary N) is 1. The van der Waals surface area contributed by atoms with Gasteiger partial charge in [0, 0.05) is 19.8 Å².